The number of likely N-dealkylation sites (tertiary alicyclic amines) is 1. The lowest BCUT2D eigenvalue weighted by molar-refractivity contribution is 0.104. The summed E-state index contributed by atoms with van der Waals surface area (Å²) in [6.45, 7) is 1.77. The molecule has 174 valence electrons. The third-order valence-corrected chi connectivity index (χ3v) is 7.50. The van der Waals surface area contributed by atoms with E-state index in [9.17, 15) is 4.79 Å². The van der Waals surface area contributed by atoms with Crippen molar-refractivity contribution in [1.29, 1.82) is 0 Å². The van der Waals surface area contributed by atoms with E-state index in [0.717, 1.165) is 37.0 Å². The number of piperidine rings is 1. The molecule has 0 atom stereocenters. The summed E-state index contributed by atoms with van der Waals surface area (Å²) in [6, 6.07) is 40.7. The summed E-state index contributed by atoms with van der Waals surface area (Å²) in [4.78, 5) is 18.5. The molecule has 6 rings (SSSR count). The van der Waals surface area contributed by atoms with Gasteiger partial charge in [-0.05, 0) is 41.7 Å². The molecule has 4 nitrogen and oxygen atoms in total. The highest BCUT2D eigenvalue weighted by molar-refractivity contribution is 5.75. The maximum atomic E-state index is 12.9. The van der Waals surface area contributed by atoms with Crippen molar-refractivity contribution in [2.45, 2.75) is 24.4 Å². The van der Waals surface area contributed by atoms with Crippen molar-refractivity contribution in [2.75, 3.05) is 13.1 Å². The summed E-state index contributed by atoms with van der Waals surface area (Å²) < 4.78 is 1.97. The minimum Gasteiger partial charge on any atom is -0.306 e. The van der Waals surface area contributed by atoms with Gasteiger partial charge in [0.2, 0.25) is 0 Å². The number of aromatic nitrogens is 2. The fourth-order valence-electron chi connectivity index (χ4n) is 5.98. The van der Waals surface area contributed by atoms with Crippen LogP contribution in [0.1, 0.15) is 35.6 Å². The van der Waals surface area contributed by atoms with E-state index in [4.69, 9.17) is 0 Å². The molecule has 1 fully saturated rings. The second-order valence-electron chi connectivity index (χ2n) is 9.34. The molecule has 4 aromatic carbocycles. The molecular weight excluding hydrogens is 430 g/mol. The Morgan fingerprint density at radius 2 is 1.09 bits per heavy atom. The van der Waals surface area contributed by atoms with Crippen LogP contribution in [0.3, 0.4) is 0 Å². The minimum absolute atomic E-state index is 0.00917. The van der Waals surface area contributed by atoms with Crippen molar-refractivity contribution < 1.29 is 0 Å². The van der Waals surface area contributed by atoms with E-state index in [0.29, 0.717) is 0 Å². The van der Waals surface area contributed by atoms with Gasteiger partial charge in [0.15, 0.2) is 0 Å². The Kier molecular flexibility index (Phi) is 5.59. The number of hydrogen-bond acceptors (Lipinski definition) is 2. The monoisotopic (exact) mass is 459 g/mol. The quantitative estimate of drug-likeness (QED) is 0.330. The third kappa shape index (κ3) is 3.62. The zero-order valence-electron chi connectivity index (χ0n) is 19.7. The molecule has 0 saturated carbocycles. The van der Waals surface area contributed by atoms with Gasteiger partial charge in [0, 0.05) is 19.1 Å². The lowest BCUT2D eigenvalue weighted by Gasteiger charge is -2.48. The molecule has 1 aliphatic rings. The first-order chi connectivity index (χ1) is 17.3. The van der Waals surface area contributed by atoms with E-state index in [1.54, 1.807) is 0 Å². The smallest absolute Gasteiger partial charge is 0.306 e. The van der Waals surface area contributed by atoms with Gasteiger partial charge in [-0.3, -0.25) is 9.47 Å². The Hall–Kier alpha value is -3.89. The zero-order valence-corrected chi connectivity index (χ0v) is 19.7. The van der Waals surface area contributed by atoms with Gasteiger partial charge in [0.25, 0.3) is 0 Å². The van der Waals surface area contributed by atoms with Gasteiger partial charge in [-0.1, -0.05) is 103 Å². The molecule has 0 bridgehead atoms. The predicted octanol–water partition coefficient (Wildman–Crippen LogP) is 5.96. The van der Waals surface area contributed by atoms with Crippen LogP contribution >= 0.6 is 0 Å². The number of nitrogens with one attached hydrogen (secondary N) is 1. The number of para-hydroxylation sites is 2. The van der Waals surface area contributed by atoms with Crippen molar-refractivity contribution >= 4 is 11.0 Å². The largest absolute Gasteiger partial charge is 0.326 e. The minimum atomic E-state index is -0.403. The highest BCUT2D eigenvalue weighted by Gasteiger charge is 2.43. The number of imidazole rings is 1. The van der Waals surface area contributed by atoms with Crippen molar-refractivity contribution in [3.8, 4) is 0 Å². The molecule has 0 amide bonds. The highest BCUT2D eigenvalue weighted by atomic mass is 16.1. The summed E-state index contributed by atoms with van der Waals surface area (Å²) in [5.41, 5.74) is 5.29. The number of fused-ring (bicyclic) bond motifs is 1. The maximum Gasteiger partial charge on any atom is 0.326 e. The predicted molar refractivity (Wildman–Crippen MR) is 142 cm³/mol. The molecule has 2 heterocycles. The van der Waals surface area contributed by atoms with E-state index < -0.39 is 5.54 Å². The highest BCUT2D eigenvalue weighted by Crippen LogP contribution is 2.44. The number of H-pyrrole nitrogens is 1. The fourth-order valence-corrected chi connectivity index (χ4v) is 5.98. The van der Waals surface area contributed by atoms with E-state index >= 15 is 0 Å². The molecule has 0 aliphatic carbocycles. The third-order valence-electron chi connectivity index (χ3n) is 7.50. The Labute approximate surface area is 205 Å². The van der Waals surface area contributed by atoms with Gasteiger partial charge in [0.1, 0.15) is 0 Å². The first-order valence-corrected chi connectivity index (χ1v) is 12.4. The SMILES string of the molecule is O=c1[nH]c2ccccc2n1C1CCN(C(c2ccccc2)(c2ccccc2)c2ccccc2)CC1. The summed E-state index contributed by atoms with van der Waals surface area (Å²) >= 11 is 0. The number of nitrogens with zero attached hydrogens (tertiary/aromatic N) is 2. The van der Waals surface area contributed by atoms with Gasteiger partial charge in [-0.15, -0.1) is 0 Å². The second-order valence-corrected chi connectivity index (χ2v) is 9.34. The summed E-state index contributed by atoms with van der Waals surface area (Å²) in [5, 5.41) is 0. The topological polar surface area (TPSA) is 41.0 Å². The van der Waals surface area contributed by atoms with Crippen LogP contribution in [-0.2, 0) is 5.54 Å². The molecule has 0 radical (unpaired) electrons. The van der Waals surface area contributed by atoms with Crippen LogP contribution in [0.2, 0.25) is 0 Å². The van der Waals surface area contributed by atoms with Gasteiger partial charge in [-0.25, -0.2) is 4.79 Å². The summed E-state index contributed by atoms with van der Waals surface area (Å²) in [5.74, 6) is 0. The van der Waals surface area contributed by atoms with Crippen LogP contribution in [0, 0.1) is 0 Å². The Balaban J connectivity index is 1.44. The lowest BCUT2D eigenvalue weighted by atomic mass is 9.74. The van der Waals surface area contributed by atoms with Gasteiger partial charge >= 0.3 is 5.69 Å². The van der Waals surface area contributed by atoms with Crippen LogP contribution in [0.15, 0.2) is 120 Å². The van der Waals surface area contributed by atoms with Gasteiger partial charge in [-0.2, -0.15) is 0 Å². The van der Waals surface area contributed by atoms with E-state index in [1.165, 1.54) is 16.7 Å². The van der Waals surface area contributed by atoms with Crippen LogP contribution in [0.5, 0.6) is 0 Å². The van der Waals surface area contributed by atoms with Gasteiger partial charge < -0.3 is 4.98 Å². The standard InChI is InChI=1S/C31H29N3O/c35-30-32-28-18-10-11-19-29(28)34(30)27-20-22-33(23-21-27)31(24-12-4-1-5-13-24,25-14-6-2-7-15-25)26-16-8-3-9-17-26/h1-19,27H,20-23H2,(H,32,35). The van der Waals surface area contributed by atoms with Gasteiger partial charge in [0.05, 0.1) is 16.6 Å². The first-order valence-electron chi connectivity index (χ1n) is 12.4. The molecule has 1 saturated heterocycles. The molecule has 1 N–H and O–H groups in total. The number of rotatable bonds is 5. The zero-order chi connectivity index (χ0) is 23.7. The Morgan fingerprint density at radius 3 is 1.60 bits per heavy atom. The van der Waals surface area contributed by atoms with Crippen LogP contribution < -0.4 is 5.69 Å². The number of hydrogen-bond donors (Lipinski definition) is 1. The summed E-state index contributed by atoms with van der Waals surface area (Å²) in [7, 11) is 0. The molecule has 35 heavy (non-hydrogen) atoms. The Bertz CT molecular complexity index is 1370. The van der Waals surface area contributed by atoms with Crippen LogP contribution in [0.4, 0.5) is 0 Å². The Morgan fingerprint density at radius 1 is 0.629 bits per heavy atom. The summed E-state index contributed by atoms with van der Waals surface area (Å²) in [6.07, 6.45) is 1.83. The van der Waals surface area contributed by atoms with E-state index in [1.807, 2.05) is 28.8 Å². The second kappa shape index (κ2) is 9.05. The molecule has 0 spiro atoms. The number of benzene rings is 4. The molecule has 1 aromatic heterocycles. The van der Waals surface area contributed by atoms with Crippen LogP contribution in [-0.4, -0.2) is 27.5 Å². The molecule has 5 aromatic rings. The lowest BCUT2D eigenvalue weighted by Crippen LogP contribution is -2.51. The van der Waals surface area contributed by atoms with Crippen molar-refractivity contribution in [1.82, 2.24) is 14.5 Å². The fraction of sp³-hybridized carbons (Fsp3) is 0.194. The molecular formula is C31H29N3O. The van der Waals surface area contributed by atoms with Crippen molar-refractivity contribution in [3.05, 3.63) is 142 Å². The number of aromatic amines is 1. The first kappa shape index (κ1) is 21.6. The van der Waals surface area contributed by atoms with Crippen molar-refractivity contribution in [3.63, 3.8) is 0 Å². The average molecular weight is 460 g/mol. The van der Waals surface area contributed by atoms with E-state index in [2.05, 4.69) is 101 Å². The average Bonchev–Trinajstić information content (AvgIpc) is 3.27. The molecule has 4 heteroatoms. The molecule has 1 aliphatic heterocycles. The van der Waals surface area contributed by atoms with Crippen molar-refractivity contribution in [2.24, 2.45) is 0 Å². The normalized spacial score (nSPS) is 15.4. The van der Waals surface area contributed by atoms with Crippen LogP contribution in [0.25, 0.3) is 11.0 Å². The van der Waals surface area contributed by atoms with E-state index in [-0.39, 0.29) is 11.7 Å². The maximum absolute atomic E-state index is 12.9. The molecule has 0 unspecified atom stereocenters.